The van der Waals surface area contributed by atoms with Crippen LogP contribution >= 0.6 is 23.2 Å². The third-order valence-corrected chi connectivity index (χ3v) is 3.88. The average molecular weight is 284 g/mol. The molecule has 1 aromatic carbocycles. The Kier molecular flexibility index (Phi) is 5.11. The largest absolute Gasteiger partial charge is 0.306 e. The lowest BCUT2D eigenvalue weighted by Gasteiger charge is -2.22. The van der Waals surface area contributed by atoms with Gasteiger partial charge in [-0.25, -0.2) is 0 Å². The SMILES string of the molecule is CCCNC(C1=CCCC1)c1ccc(Cl)cc1Cl. The Morgan fingerprint density at radius 2 is 2.17 bits per heavy atom. The molecule has 18 heavy (non-hydrogen) atoms. The Morgan fingerprint density at radius 1 is 1.33 bits per heavy atom. The van der Waals surface area contributed by atoms with Gasteiger partial charge < -0.3 is 5.32 Å². The van der Waals surface area contributed by atoms with Crippen LogP contribution in [-0.2, 0) is 0 Å². The van der Waals surface area contributed by atoms with Crippen LogP contribution in [0.4, 0.5) is 0 Å². The highest BCUT2D eigenvalue weighted by molar-refractivity contribution is 6.35. The molecule has 0 aromatic heterocycles. The lowest BCUT2D eigenvalue weighted by atomic mass is 9.98. The Hall–Kier alpha value is -0.500. The van der Waals surface area contributed by atoms with E-state index in [9.17, 15) is 0 Å². The molecule has 1 unspecified atom stereocenters. The van der Waals surface area contributed by atoms with E-state index >= 15 is 0 Å². The second kappa shape index (κ2) is 6.60. The van der Waals surface area contributed by atoms with Gasteiger partial charge in [0.25, 0.3) is 0 Å². The van der Waals surface area contributed by atoms with Gasteiger partial charge in [0.05, 0.1) is 6.04 Å². The number of benzene rings is 1. The lowest BCUT2D eigenvalue weighted by molar-refractivity contribution is 0.579. The molecule has 3 heteroatoms. The molecule has 1 aliphatic rings. The highest BCUT2D eigenvalue weighted by atomic mass is 35.5. The first-order chi connectivity index (χ1) is 8.72. The normalized spacial score (nSPS) is 16.7. The lowest BCUT2D eigenvalue weighted by Crippen LogP contribution is -2.23. The first-order valence-corrected chi connectivity index (χ1v) is 7.35. The van der Waals surface area contributed by atoms with Crippen molar-refractivity contribution in [3.63, 3.8) is 0 Å². The summed E-state index contributed by atoms with van der Waals surface area (Å²) in [6, 6.07) is 6.03. The molecule has 0 aliphatic heterocycles. The molecule has 0 bridgehead atoms. The molecule has 0 heterocycles. The summed E-state index contributed by atoms with van der Waals surface area (Å²) in [5.41, 5.74) is 2.61. The maximum absolute atomic E-state index is 6.33. The van der Waals surface area contributed by atoms with Crippen LogP contribution in [0.25, 0.3) is 0 Å². The Bertz CT molecular complexity index is 440. The van der Waals surface area contributed by atoms with Crippen molar-refractivity contribution in [3.8, 4) is 0 Å². The highest BCUT2D eigenvalue weighted by Crippen LogP contribution is 2.35. The van der Waals surface area contributed by atoms with Gasteiger partial charge in [-0.05, 0) is 49.9 Å². The zero-order valence-corrected chi connectivity index (χ0v) is 12.2. The van der Waals surface area contributed by atoms with Crippen molar-refractivity contribution in [1.29, 1.82) is 0 Å². The summed E-state index contributed by atoms with van der Waals surface area (Å²) >= 11 is 12.3. The molecule has 1 nitrogen and oxygen atoms in total. The molecule has 2 rings (SSSR count). The number of nitrogens with one attached hydrogen (secondary N) is 1. The van der Waals surface area contributed by atoms with Crippen molar-refractivity contribution in [3.05, 3.63) is 45.5 Å². The summed E-state index contributed by atoms with van der Waals surface area (Å²) in [6.45, 7) is 3.18. The Balaban J connectivity index is 2.26. The smallest absolute Gasteiger partial charge is 0.0550 e. The Labute approximate surface area is 119 Å². The summed E-state index contributed by atoms with van der Waals surface area (Å²) in [5.74, 6) is 0. The maximum atomic E-state index is 6.33. The molecular formula is C15H19Cl2N. The Morgan fingerprint density at radius 3 is 2.78 bits per heavy atom. The van der Waals surface area contributed by atoms with E-state index in [1.165, 1.54) is 24.8 Å². The molecule has 1 N–H and O–H groups in total. The molecule has 0 radical (unpaired) electrons. The molecule has 98 valence electrons. The average Bonchev–Trinajstić information content (AvgIpc) is 2.85. The predicted octanol–water partition coefficient (Wildman–Crippen LogP) is 5.14. The van der Waals surface area contributed by atoms with Crippen LogP contribution in [0.1, 0.15) is 44.2 Å². The minimum atomic E-state index is 0.247. The van der Waals surface area contributed by atoms with Crippen molar-refractivity contribution in [2.45, 2.75) is 38.6 Å². The number of hydrogen-bond donors (Lipinski definition) is 1. The van der Waals surface area contributed by atoms with E-state index in [-0.39, 0.29) is 6.04 Å². The molecule has 0 saturated carbocycles. The summed E-state index contributed by atoms with van der Waals surface area (Å²) < 4.78 is 0. The highest BCUT2D eigenvalue weighted by Gasteiger charge is 2.20. The van der Waals surface area contributed by atoms with Crippen LogP contribution < -0.4 is 5.32 Å². The molecule has 1 aromatic rings. The zero-order chi connectivity index (χ0) is 13.0. The summed E-state index contributed by atoms with van der Waals surface area (Å²) in [5, 5.41) is 5.04. The van der Waals surface area contributed by atoms with Gasteiger partial charge in [-0.1, -0.05) is 47.8 Å². The van der Waals surface area contributed by atoms with E-state index in [1.807, 2.05) is 18.2 Å². The van der Waals surface area contributed by atoms with Gasteiger partial charge in [0, 0.05) is 10.0 Å². The molecule has 0 amide bonds. The van der Waals surface area contributed by atoms with Crippen LogP contribution in [0, 0.1) is 0 Å². The van der Waals surface area contributed by atoms with Gasteiger partial charge in [0.15, 0.2) is 0 Å². The third-order valence-electron chi connectivity index (χ3n) is 3.32. The van der Waals surface area contributed by atoms with Crippen molar-refractivity contribution in [1.82, 2.24) is 5.32 Å². The summed E-state index contributed by atoms with van der Waals surface area (Å²) in [4.78, 5) is 0. The van der Waals surface area contributed by atoms with Crippen LogP contribution in [0.3, 0.4) is 0 Å². The fourth-order valence-electron chi connectivity index (χ4n) is 2.42. The second-order valence-electron chi connectivity index (χ2n) is 4.72. The molecule has 0 saturated heterocycles. The quantitative estimate of drug-likeness (QED) is 0.738. The topological polar surface area (TPSA) is 12.0 Å². The molecule has 1 atom stereocenters. The first-order valence-electron chi connectivity index (χ1n) is 6.59. The molecule has 0 spiro atoms. The monoisotopic (exact) mass is 283 g/mol. The third kappa shape index (κ3) is 3.28. The van der Waals surface area contributed by atoms with Crippen LogP contribution in [0.15, 0.2) is 29.8 Å². The molecular weight excluding hydrogens is 265 g/mol. The van der Waals surface area contributed by atoms with E-state index in [4.69, 9.17) is 23.2 Å². The van der Waals surface area contributed by atoms with Crippen LogP contribution in [0.2, 0.25) is 10.0 Å². The van der Waals surface area contributed by atoms with Crippen LogP contribution in [0.5, 0.6) is 0 Å². The number of halogens is 2. The van der Waals surface area contributed by atoms with Crippen molar-refractivity contribution in [2.75, 3.05) is 6.54 Å². The van der Waals surface area contributed by atoms with E-state index < -0.39 is 0 Å². The minimum Gasteiger partial charge on any atom is -0.306 e. The van der Waals surface area contributed by atoms with E-state index in [0.29, 0.717) is 5.02 Å². The van der Waals surface area contributed by atoms with Gasteiger partial charge in [0.2, 0.25) is 0 Å². The first kappa shape index (κ1) is 13.9. The van der Waals surface area contributed by atoms with Gasteiger partial charge in [-0.3, -0.25) is 0 Å². The van der Waals surface area contributed by atoms with Gasteiger partial charge >= 0.3 is 0 Å². The predicted molar refractivity (Wildman–Crippen MR) is 79.4 cm³/mol. The van der Waals surface area contributed by atoms with Gasteiger partial charge in [0.1, 0.15) is 0 Å². The standard InChI is InChI=1S/C15H19Cl2N/c1-2-9-18-15(11-5-3-4-6-11)13-8-7-12(16)10-14(13)17/h5,7-8,10,15,18H,2-4,6,9H2,1H3. The minimum absolute atomic E-state index is 0.247. The maximum Gasteiger partial charge on any atom is 0.0550 e. The second-order valence-corrected chi connectivity index (χ2v) is 5.57. The summed E-state index contributed by atoms with van der Waals surface area (Å²) in [6.07, 6.45) is 7.07. The fourth-order valence-corrected chi connectivity index (χ4v) is 2.94. The van der Waals surface area contributed by atoms with Crippen LogP contribution in [-0.4, -0.2) is 6.54 Å². The van der Waals surface area contributed by atoms with Crippen molar-refractivity contribution in [2.24, 2.45) is 0 Å². The molecule has 0 fully saturated rings. The van der Waals surface area contributed by atoms with Crippen molar-refractivity contribution >= 4 is 23.2 Å². The molecule has 1 aliphatic carbocycles. The number of rotatable bonds is 5. The van der Waals surface area contributed by atoms with Gasteiger partial charge in [-0.15, -0.1) is 0 Å². The number of allylic oxidation sites excluding steroid dienone is 1. The van der Waals surface area contributed by atoms with Crippen molar-refractivity contribution < 1.29 is 0 Å². The van der Waals surface area contributed by atoms with E-state index in [1.54, 1.807) is 0 Å². The van der Waals surface area contributed by atoms with Gasteiger partial charge in [-0.2, -0.15) is 0 Å². The van der Waals surface area contributed by atoms with E-state index in [0.717, 1.165) is 23.6 Å². The van der Waals surface area contributed by atoms with E-state index in [2.05, 4.69) is 18.3 Å². The zero-order valence-electron chi connectivity index (χ0n) is 10.7. The number of hydrogen-bond acceptors (Lipinski definition) is 1. The fraction of sp³-hybridized carbons (Fsp3) is 0.467. The summed E-state index contributed by atoms with van der Waals surface area (Å²) in [7, 11) is 0.